The lowest BCUT2D eigenvalue weighted by atomic mass is 10.00. The molecule has 0 bridgehead atoms. The van der Waals surface area contributed by atoms with E-state index in [1.54, 1.807) is 11.3 Å². The Morgan fingerprint density at radius 3 is 2.06 bits per heavy atom. The summed E-state index contributed by atoms with van der Waals surface area (Å²) in [6.45, 7) is 0. The molecule has 3 aromatic heterocycles. The van der Waals surface area contributed by atoms with E-state index in [2.05, 4.69) is 22.1 Å². The molecular weight excluding hydrogens is 252 g/mol. The van der Waals surface area contributed by atoms with E-state index >= 15 is 0 Å². The lowest BCUT2D eigenvalue weighted by Gasteiger charge is -2.13. The van der Waals surface area contributed by atoms with Gasteiger partial charge < -0.3 is 9.97 Å². The molecule has 3 rings (SSSR count). The summed E-state index contributed by atoms with van der Waals surface area (Å²) in [5, 5.41) is 2.85. The number of halogens is 1. The van der Waals surface area contributed by atoms with Gasteiger partial charge in [-0.15, -0.1) is 11.3 Å². The number of nitrogens with one attached hydrogen (secondary N) is 2. The Balaban J connectivity index is 2.13. The summed E-state index contributed by atoms with van der Waals surface area (Å²) in [6, 6.07) is 10.1. The van der Waals surface area contributed by atoms with Gasteiger partial charge in [0.2, 0.25) is 0 Å². The Hall–Kier alpha value is -1.45. The highest BCUT2D eigenvalue weighted by molar-refractivity contribution is 7.10. The number of hydrogen-bond donors (Lipinski definition) is 2. The zero-order valence-electron chi connectivity index (χ0n) is 8.98. The van der Waals surface area contributed by atoms with Gasteiger partial charge in [0.15, 0.2) is 0 Å². The molecule has 0 amide bonds. The molecule has 3 heterocycles. The summed E-state index contributed by atoms with van der Waals surface area (Å²) in [5.41, 5.74) is 2.30. The maximum Gasteiger partial charge on any atom is 0.0749 e. The predicted molar refractivity (Wildman–Crippen MR) is 71.9 cm³/mol. The number of H-pyrrole nitrogens is 2. The van der Waals surface area contributed by atoms with Gasteiger partial charge in [-0.05, 0) is 35.7 Å². The molecule has 0 atom stereocenters. The standard InChI is InChI=1S/C13H11ClN2S/c14-9-5-8-17-13(9)12(10-3-1-6-15-10)11-4-2-7-16-11/h1-8,12,15-16H. The van der Waals surface area contributed by atoms with E-state index < -0.39 is 0 Å². The zero-order valence-corrected chi connectivity index (χ0v) is 10.6. The van der Waals surface area contributed by atoms with Crippen LogP contribution in [0.5, 0.6) is 0 Å². The molecule has 0 aliphatic rings. The highest BCUT2D eigenvalue weighted by atomic mass is 35.5. The molecule has 0 aliphatic heterocycles. The van der Waals surface area contributed by atoms with Crippen LogP contribution in [0.2, 0.25) is 5.02 Å². The van der Waals surface area contributed by atoms with Crippen LogP contribution in [0.4, 0.5) is 0 Å². The summed E-state index contributed by atoms with van der Waals surface area (Å²) in [6.07, 6.45) is 3.87. The predicted octanol–water partition coefficient (Wildman–Crippen LogP) is 4.24. The monoisotopic (exact) mass is 262 g/mol. The molecule has 0 saturated heterocycles. The van der Waals surface area contributed by atoms with Crippen LogP contribution in [0.25, 0.3) is 0 Å². The first-order chi connectivity index (χ1) is 8.36. The van der Waals surface area contributed by atoms with Crippen molar-refractivity contribution in [3.8, 4) is 0 Å². The van der Waals surface area contributed by atoms with Gasteiger partial charge in [-0.1, -0.05) is 11.6 Å². The van der Waals surface area contributed by atoms with Crippen LogP contribution >= 0.6 is 22.9 Å². The summed E-state index contributed by atoms with van der Waals surface area (Å²) >= 11 is 7.93. The van der Waals surface area contributed by atoms with E-state index in [1.165, 1.54) is 0 Å². The molecule has 17 heavy (non-hydrogen) atoms. The molecule has 86 valence electrons. The fourth-order valence-corrected chi connectivity index (χ4v) is 3.31. The van der Waals surface area contributed by atoms with Gasteiger partial charge in [-0.2, -0.15) is 0 Å². The molecule has 2 N–H and O–H groups in total. The van der Waals surface area contributed by atoms with Gasteiger partial charge in [0, 0.05) is 28.7 Å². The van der Waals surface area contributed by atoms with Crippen LogP contribution in [0, 0.1) is 0 Å². The normalized spacial score (nSPS) is 11.2. The number of aromatic nitrogens is 2. The van der Waals surface area contributed by atoms with E-state index in [-0.39, 0.29) is 5.92 Å². The zero-order chi connectivity index (χ0) is 11.7. The highest BCUT2D eigenvalue weighted by Crippen LogP contribution is 2.37. The van der Waals surface area contributed by atoms with Crippen molar-refractivity contribution in [1.29, 1.82) is 0 Å². The minimum absolute atomic E-state index is 0.160. The quantitative estimate of drug-likeness (QED) is 0.708. The third-order valence-corrected chi connectivity index (χ3v) is 4.20. The number of hydrogen-bond acceptors (Lipinski definition) is 1. The van der Waals surface area contributed by atoms with Gasteiger partial charge in [0.05, 0.1) is 10.9 Å². The second kappa shape index (κ2) is 4.43. The third-order valence-electron chi connectivity index (χ3n) is 2.77. The highest BCUT2D eigenvalue weighted by Gasteiger charge is 2.21. The van der Waals surface area contributed by atoms with Crippen molar-refractivity contribution in [2.24, 2.45) is 0 Å². The number of thiophene rings is 1. The lowest BCUT2D eigenvalue weighted by Crippen LogP contribution is -2.02. The Labute approximate surface area is 108 Å². The molecule has 4 heteroatoms. The average Bonchev–Trinajstić information content (AvgIpc) is 3.04. The topological polar surface area (TPSA) is 31.6 Å². The Morgan fingerprint density at radius 2 is 1.65 bits per heavy atom. The molecule has 0 radical (unpaired) electrons. The van der Waals surface area contributed by atoms with E-state index in [0.717, 1.165) is 21.3 Å². The SMILES string of the molecule is Clc1ccsc1C(c1ccc[nH]1)c1ccc[nH]1. The molecule has 0 unspecified atom stereocenters. The Morgan fingerprint density at radius 1 is 1.00 bits per heavy atom. The molecular formula is C13H11ClN2S. The van der Waals surface area contributed by atoms with Crippen molar-refractivity contribution in [3.05, 3.63) is 69.4 Å². The molecule has 0 aliphatic carbocycles. The van der Waals surface area contributed by atoms with Gasteiger partial charge in [0.25, 0.3) is 0 Å². The maximum absolute atomic E-state index is 6.25. The van der Waals surface area contributed by atoms with Gasteiger partial charge in [-0.25, -0.2) is 0 Å². The first-order valence-electron chi connectivity index (χ1n) is 5.35. The van der Waals surface area contributed by atoms with E-state index in [9.17, 15) is 0 Å². The largest absolute Gasteiger partial charge is 0.364 e. The van der Waals surface area contributed by atoms with Gasteiger partial charge in [-0.3, -0.25) is 0 Å². The van der Waals surface area contributed by atoms with E-state index in [0.29, 0.717) is 0 Å². The lowest BCUT2D eigenvalue weighted by molar-refractivity contribution is 0.917. The van der Waals surface area contributed by atoms with Crippen LogP contribution in [0.15, 0.2) is 48.1 Å². The molecule has 0 spiro atoms. The maximum atomic E-state index is 6.25. The minimum atomic E-state index is 0.160. The van der Waals surface area contributed by atoms with Crippen molar-refractivity contribution in [3.63, 3.8) is 0 Å². The molecule has 0 saturated carbocycles. The summed E-state index contributed by atoms with van der Waals surface area (Å²) < 4.78 is 0. The number of rotatable bonds is 3. The smallest absolute Gasteiger partial charge is 0.0749 e. The Kier molecular flexibility index (Phi) is 2.79. The second-order valence-corrected chi connectivity index (χ2v) is 5.17. The minimum Gasteiger partial charge on any atom is -0.364 e. The first kappa shape index (κ1) is 10.7. The Bertz CT molecular complexity index is 547. The summed E-state index contributed by atoms with van der Waals surface area (Å²) in [5.74, 6) is 0.160. The third kappa shape index (κ3) is 1.92. The van der Waals surface area contributed by atoms with Crippen molar-refractivity contribution >= 4 is 22.9 Å². The van der Waals surface area contributed by atoms with Crippen molar-refractivity contribution in [1.82, 2.24) is 9.97 Å². The van der Waals surface area contributed by atoms with Gasteiger partial charge >= 0.3 is 0 Å². The van der Waals surface area contributed by atoms with Crippen LogP contribution < -0.4 is 0 Å². The van der Waals surface area contributed by atoms with Crippen molar-refractivity contribution in [2.75, 3.05) is 0 Å². The van der Waals surface area contributed by atoms with Crippen LogP contribution in [-0.2, 0) is 0 Å². The summed E-state index contributed by atoms with van der Waals surface area (Å²) in [4.78, 5) is 7.70. The molecule has 0 aromatic carbocycles. The van der Waals surface area contributed by atoms with Crippen molar-refractivity contribution in [2.45, 2.75) is 5.92 Å². The average molecular weight is 263 g/mol. The molecule has 0 fully saturated rings. The van der Waals surface area contributed by atoms with Crippen molar-refractivity contribution < 1.29 is 0 Å². The second-order valence-electron chi connectivity index (χ2n) is 3.82. The van der Waals surface area contributed by atoms with Gasteiger partial charge in [0.1, 0.15) is 0 Å². The fourth-order valence-electron chi connectivity index (χ4n) is 2.01. The number of aromatic amines is 2. The summed E-state index contributed by atoms with van der Waals surface area (Å²) in [7, 11) is 0. The van der Waals surface area contributed by atoms with E-state index in [1.807, 2.05) is 36.0 Å². The first-order valence-corrected chi connectivity index (χ1v) is 6.61. The van der Waals surface area contributed by atoms with Crippen LogP contribution in [0.3, 0.4) is 0 Å². The molecule has 3 aromatic rings. The van der Waals surface area contributed by atoms with Crippen LogP contribution in [0.1, 0.15) is 22.2 Å². The van der Waals surface area contributed by atoms with E-state index in [4.69, 9.17) is 11.6 Å². The fraction of sp³-hybridized carbons (Fsp3) is 0.0769. The molecule has 2 nitrogen and oxygen atoms in total. The van der Waals surface area contributed by atoms with Crippen LogP contribution in [-0.4, -0.2) is 9.97 Å².